The smallest absolute Gasteiger partial charge is 0.309 e. The summed E-state index contributed by atoms with van der Waals surface area (Å²) in [5.41, 5.74) is 6.25. The third-order valence-corrected chi connectivity index (χ3v) is 6.19. The number of nitrogens with one attached hydrogen (secondary N) is 1. The molecular formula is C29H26FN3O3. The molecule has 0 saturated heterocycles. The number of rotatable bonds is 6. The molecule has 0 radical (unpaired) electrons. The van der Waals surface area contributed by atoms with E-state index in [1.807, 2.05) is 44.2 Å². The summed E-state index contributed by atoms with van der Waals surface area (Å²) >= 11 is 0. The number of amides is 1. The molecule has 1 heterocycles. The van der Waals surface area contributed by atoms with Gasteiger partial charge in [0.1, 0.15) is 5.82 Å². The van der Waals surface area contributed by atoms with E-state index in [4.69, 9.17) is 9.84 Å². The number of nitrogens with zero attached hydrogens (tertiary/aromatic N) is 2. The lowest BCUT2D eigenvalue weighted by Crippen LogP contribution is -2.12. The van der Waals surface area contributed by atoms with Crippen LogP contribution in [0.5, 0.6) is 5.88 Å². The summed E-state index contributed by atoms with van der Waals surface area (Å²) in [7, 11) is 0. The number of halogens is 1. The van der Waals surface area contributed by atoms with Crippen LogP contribution in [0.4, 0.5) is 10.1 Å². The zero-order chi connectivity index (χ0) is 25.4. The molecule has 6 nitrogen and oxygen atoms in total. The van der Waals surface area contributed by atoms with E-state index in [1.165, 1.54) is 25.1 Å². The van der Waals surface area contributed by atoms with Crippen molar-refractivity contribution in [2.75, 3.05) is 5.32 Å². The van der Waals surface area contributed by atoms with E-state index >= 15 is 0 Å². The summed E-state index contributed by atoms with van der Waals surface area (Å²) in [4.78, 5) is 24.6. The van der Waals surface area contributed by atoms with Crippen molar-refractivity contribution in [2.24, 2.45) is 0 Å². The van der Waals surface area contributed by atoms with Crippen molar-refractivity contribution >= 4 is 17.6 Å². The Hall–Kier alpha value is -4.26. The molecule has 1 aliphatic rings. The Kier molecular flexibility index (Phi) is 6.14. The Balaban J connectivity index is 1.54. The van der Waals surface area contributed by atoms with E-state index in [0.717, 1.165) is 46.5 Å². The summed E-state index contributed by atoms with van der Waals surface area (Å²) < 4.78 is 21.0. The number of hydrogen-bond acceptors (Lipinski definition) is 4. The molecule has 1 N–H and O–H groups in total. The van der Waals surface area contributed by atoms with Crippen molar-refractivity contribution in [1.82, 2.24) is 9.78 Å². The number of carbonyl (C=O) groups excluding carboxylic acids is 2. The van der Waals surface area contributed by atoms with Gasteiger partial charge in [-0.15, -0.1) is 0 Å². The standard InChI is InChI=1S/C29H26FN3O3/c1-17-7-8-18(2)25(15-17)33-29(36-19(3)34)26(27(32-33)21-9-10-21)20-11-13-24(14-12-20)31-28(35)22-5-4-6-23(30)16-22/h4-8,11-16,21H,9-10H2,1-3H3,(H,31,35). The molecule has 4 aromatic rings. The van der Waals surface area contributed by atoms with Gasteiger partial charge in [0.05, 0.1) is 16.9 Å². The number of aromatic nitrogens is 2. The lowest BCUT2D eigenvalue weighted by Gasteiger charge is -2.12. The zero-order valence-corrected chi connectivity index (χ0v) is 20.3. The third kappa shape index (κ3) is 4.77. The quantitative estimate of drug-likeness (QED) is 0.324. The van der Waals surface area contributed by atoms with Crippen molar-refractivity contribution in [3.63, 3.8) is 0 Å². The third-order valence-electron chi connectivity index (χ3n) is 6.19. The molecule has 1 fully saturated rings. The van der Waals surface area contributed by atoms with Crippen LogP contribution in [0.1, 0.15) is 52.9 Å². The van der Waals surface area contributed by atoms with Crippen molar-refractivity contribution < 1.29 is 18.7 Å². The summed E-state index contributed by atoms with van der Waals surface area (Å²) in [5.74, 6) is -0.611. The van der Waals surface area contributed by atoms with Crippen LogP contribution in [0, 0.1) is 19.7 Å². The molecule has 1 aromatic heterocycles. The minimum Gasteiger partial charge on any atom is -0.407 e. The first-order valence-electron chi connectivity index (χ1n) is 11.9. The van der Waals surface area contributed by atoms with E-state index < -0.39 is 17.7 Å². The first kappa shape index (κ1) is 23.5. The predicted octanol–water partition coefficient (Wildman–Crippen LogP) is 6.35. The van der Waals surface area contributed by atoms with Crippen LogP contribution in [0.25, 0.3) is 16.8 Å². The summed E-state index contributed by atoms with van der Waals surface area (Å²) in [6.45, 7) is 5.39. The highest BCUT2D eigenvalue weighted by atomic mass is 19.1. The zero-order valence-electron chi connectivity index (χ0n) is 20.3. The topological polar surface area (TPSA) is 73.2 Å². The van der Waals surface area contributed by atoms with Crippen molar-refractivity contribution in [1.29, 1.82) is 0 Å². The average Bonchev–Trinajstić information content (AvgIpc) is 3.63. The van der Waals surface area contributed by atoms with E-state index in [1.54, 1.807) is 22.9 Å². The monoisotopic (exact) mass is 483 g/mol. The number of anilines is 1. The van der Waals surface area contributed by atoms with E-state index in [-0.39, 0.29) is 5.56 Å². The highest BCUT2D eigenvalue weighted by molar-refractivity contribution is 6.04. The molecule has 0 atom stereocenters. The van der Waals surface area contributed by atoms with Gasteiger partial charge in [0, 0.05) is 24.1 Å². The molecule has 7 heteroatoms. The fraction of sp³-hybridized carbons (Fsp3) is 0.207. The molecule has 0 spiro atoms. The predicted molar refractivity (Wildman–Crippen MR) is 136 cm³/mol. The number of esters is 1. The molecule has 5 rings (SSSR count). The van der Waals surface area contributed by atoms with Gasteiger partial charge >= 0.3 is 5.97 Å². The van der Waals surface area contributed by atoms with Gasteiger partial charge in [0.15, 0.2) is 0 Å². The minimum atomic E-state index is -0.468. The molecule has 1 aliphatic carbocycles. The highest BCUT2D eigenvalue weighted by Gasteiger charge is 2.34. The van der Waals surface area contributed by atoms with E-state index in [0.29, 0.717) is 17.5 Å². The second kappa shape index (κ2) is 9.41. The molecule has 36 heavy (non-hydrogen) atoms. The van der Waals surface area contributed by atoms with E-state index in [2.05, 4.69) is 5.32 Å². The van der Waals surface area contributed by atoms with Gasteiger partial charge in [-0.05, 0) is 79.8 Å². The van der Waals surface area contributed by atoms with Gasteiger partial charge in [-0.1, -0.05) is 30.3 Å². The molecule has 1 saturated carbocycles. The Labute approximate surface area is 208 Å². The van der Waals surface area contributed by atoms with Crippen LogP contribution in [0.15, 0.2) is 66.7 Å². The molecule has 0 unspecified atom stereocenters. The van der Waals surface area contributed by atoms with Gasteiger partial charge in [-0.2, -0.15) is 9.78 Å². The maximum atomic E-state index is 13.5. The molecule has 0 bridgehead atoms. The average molecular weight is 484 g/mol. The van der Waals surface area contributed by atoms with Crippen molar-refractivity contribution in [3.05, 3.63) is 94.9 Å². The summed E-state index contributed by atoms with van der Waals surface area (Å²) in [6.07, 6.45) is 2.05. The minimum absolute atomic E-state index is 0.238. The van der Waals surface area contributed by atoms with Gasteiger partial charge in [-0.3, -0.25) is 9.59 Å². The van der Waals surface area contributed by atoms with Gasteiger partial charge in [0.25, 0.3) is 5.91 Å². The Morgan fingerprint density at radius 2 is 1.78 bits per heavy atom. The van der Waals surface area contributed by atoms with Crippen LogP contribution in [-0.4, -0.2) is 21.7 Å². The van der Waals surface area contributed by atoms with Crippen LogP contribution in [0.3, 0.4) is 0 Å². The van der Waals surface area contributed by atoms with E-state index in [9.17, 15) is 14.0 Å². The Morgan fingerprint density at radius 1 is 1.03 bits per heavy atom. The van der Waals surface area contributed by atoms with Crippen LogP contribution < -0.4 is 10.1 Å². The first-order valence-corrected chi connectivity index (χ1v) is 11.9. The highest BCUT2D eigenvalue weighted by Crippen LogP contribution is 2.48. The van der Waals surface area contributed by atoms with Crippen LogP contribution >= 0.6 is 0 Å². The largest absolute Gasteiger partial charge is 0.407 e. The maximum Gasteiger partial charge on any atom is 0.309 e. The maximum absolute atomic E-state index is 13.5. The molecule has 182 valence electrons. The van der Waals surface area contributed by atoms with Crippen molar-refractivity contribution in [2.45, 2.75) is 39.5 Å². The molecular weight excluding hydrogens is 457 g/mol. The van der Waals surface area contributed by atoms with Crippen LogP contribution in [0.2, 0.25) is 0 Å². The fourth-order valence-corrected chi connectivity index (χ4v) is 4.23. The number of carbonyl (C=O) groups is 2. The molecule has 3 aromatic carbocycles. The number of benzene rings is 3. The number of hydrogen-bond donors (Lipinski definition) is 1. The van der Waals surface area contributed by atoms with Gasteiger partial charge in [-0.25, -0.2) is 4.39 Å². The van der Waals surface area contributed by atoms with Gasteiger partial charge in [0.2, 0.25) is 5.88 Å². The number of ether oxygens (including phenoxy) is 1. The molecule has 1 amide bonds. The summed E-state index contributed by atoms with van der Waals surface area (Å²) in [6, 6.07) is 18.9. The van der Waals surface area contributed by atoms with Crippen LogP contribution in [-0.2, 0) is 4.79 Å². The second-order valence-corrected chi connectivity index (χ2v) is 9.18. The lowest BCUT2D eigenvalue weighted by molar-refractivity contribution is -0.132. The first-order chi connectivity index (χ1) is 17.3. The lowest BCUT2D eigenvalue weighted by atomic mass is 10.0. The number of aryl methyl sites for hydroxylation is 2. The summed E-state index contributed by atoms with van der Waals surface area (Å²) in [5, 5.41) is 7.72. The SMILES string of the molecule is CC(=O)Oc1c(-c2ccc(NC(=O)c3cccc(F)c3)cc2)c(C2CC2)nn1-c1cc(C)ccc1C. The Bertz CT molecular complexity index is 1470. The normalized spacial score (nSPS) is 12.9. The second-order valence-electron chi connectivity index (χ2n) is 9.18. The van der Waals surface area contributed by atoms with Crippen molar-refractivity contribution in [3.8, 4) is 22.7 Å². The fourth-order valence-electron chi connectivity index (χ4n) is 4.23. The Morgan fingerprint density at radius 3 is 2.44 bits per heavy atom. The van der Waals surface area contributed by atoms with Gasteiger partial charge < -0.3 is 10.1 Å². The molecule has 0 aliphatic heterocycles.